The standard InChI is InChI=1S/C17H25N3O3S/c18-24(22,23)13-15-10-17(21)20(12-15)16-6-4-14(5-7-16)11-19-8-2-1-3-9-19/h4-7,15H,1-3,8-13H2,(H2,18,22,23). The van der Waals surface area contributed by atoms with E-state index in [0.29, 0.717) is 6.54 Å². The highest BCUT2D eigenvalue weighted by atomic mass is 32.2. The number of nitrogens with zero attached hydrogens (tertiary/aromatic N) is 2. The maximum atomic E-state index is 12.2. The van der Waals surface area contributed by atoms with Crippen molar-refractivity contribution in [3.63, 3.8) is 0 Å². The molecule has 1 unspecified atom stereocenters. The van der Waals surface area contributed by atoms with Crippen LogP contribution < -0.4 is 10.0 Å². The normalized spacial score (nSPS) is 23.0. The molecule has 2 aliphatic heterocycles. The van der Waals surface area contributed by atoms with Gasteiger partial charge in [-0.25, -0.2) is 13.6 Å². The molecular formula is C17H25N3O3S. The third-order valence-electron chi connectivity index (χ3n) is 4.78. The van der Waals surface area contributed by atoms with E-state index < -0.39 is 10.0 Å². The van der Waals surface area contributed by atoms with E-state index in [0.717, 1.165) is 25.3 Å². The van der Waals surface area contributed by atoms with Crippen LogP contribution in [0, 0.1) is 5.92 Å². The molecule has 0 aromatic heterocycles. The van der Waals surface area contributed by atoms with Gasteiger partial charge in [-0.3, -0.25) is 9.69 Å². The summed E-state index contributed by atoms with van der Waals surface area (Å²) in [4.78, 5) is 16.3. The third kappa shape index (κ3) is 4.55. The molecule has 2 fully saturated rings. The van der Waals surface area contributed by atoms with Crippen molar-refractivity contribution in [2.24, 2.45) is 11.1 Å². The van der Waals surface area contributed by atoms with Gasteiger partial charge >= 0.3 is 0 Å². The van der Waals surface area contributed by atoms with Crippen molar-refractivity contribution in [2.75, 3.05) is 30.3 Å². The van der Waals surface area contributed by atoms with E-state index in [2.05, 4.69) is 17.0 Å². The van der Waals surface area contributed by atoms with Crippen molar-refractivity contribution in [2.45, 2.75) is 32.2 Å². The number of rotatable bonds is 5. The van der Waals surface area contributed by atoms with Crippen molar-refractivity contribution in [3.05, 3.63) is 29.8 Å². The van der Waals surface area contributed by atoms with E-state index in [1.807, 2.05) is 12.1 Å². The van der Waals surface area contributed by atoms with Crippen molar-refractivity contribution in [1.82, 2.24) is 4.90 Å². The lowest BCUT2D eigenvalue weighted by atomic mass is 10.1. The fourth-order valence-electron chi connectivity index (χ4n) is 3.63. The van der Waals surface area contributed by atoms with Crippen molar-refractivity contribution in [1.29, 1.82) is 0 Å². The molecule has 0 spiro atoms. The molecule has 2 saturated heterocycles. The molecule has 1 aromatic carbocycles. The van der Waals surface area contributed by atoms with E-state index in [1.165, 1.54) is 24.8 Å². The van der Waals surface area contributed by atoms with Gasteiger partial charge in [-0.05, 0) is 43.6 Å². The Morgan fingerprint density at radius 1 is 1.08 bits per heavy atom. The molecule has 7 heteroatoms. The molecule has 0 aliphatic carbocycles. The highest BCUT2D eigenvalue weighted by molar-refractivity contribution is 7.89. The fraction of sp³-hybridized carbons (Fsp3) is 0.588. The van der Waals surface area contributed by atoms with Crippen LogP contribution in [0.2, 0.25) is 0 Å². The zero-order valence-corrected chi connectivity index (χ0v) is 14.7. The van der Waals surface area contributed by atoms with Crippen molar-refractivity contribution >= 4 is 21.6 Å². The molecule has 132 valence electrons. The maximum absolute atomic E-state index is 12.2. The van der Waals surface area contributed by atoms with Crippen molar-refractivity contribution in [3.8, 4) is 0 Å². The number of hydrogen-bond acceptors (Lipinski definition) is 4. The largest absolute Gasteiger partial charge is 0.312 e. The van der Waals surface area contributed by atoms with E-state index in [9.17, 15) is 13.2 Å². The maximum Gasteiger partial charge on any atom is 0.227 e. The van der Waals surface area contributed by atoms with Gasteiger partial charge in [0.1, 0.15) is 0 Å². The van der Waals surface area contributed by atoms with Gasteiger partial charge in [0.15, 0.2) is 0 Å². The Hall–Kier alpha value is -1.44. The predicted molar refractivity (Wildman–Crippen MR) is 94.0 cm³/mol. The van der Waals surface area contributed by atoms with E-state index in [4.69, 9.17) is 5.14 Å². The van der Waals surface area contributed by atoms with Gasteiger partial charge in [-0.2, -0.15) is 0 Å². The van der Waals surface area contributed by atoms with Crippen LogP contribution in [-0.2, 0) is 21.4 Å². The molecule has 1 aromatic rings. The Morgan fingerprint density at radius 3 is 2.38 bits per heavy atom. The van der Waals surface area contributed by atoms with E-state index in [1.54, 1.807) is 4.90 Å². The first-order chi connectivity index (χ1) is 11.4. The summed E-state index contributed by atoms with van der Waals surface area (Å²) in [7, 11) is -3.54. The molecule has 0 saturated carbocycles. The minimum atomic E-state index is -3.54. The Morgan fingerprint density at radius 2 is 1.75 bits per heavy atom. The highest BCUT2D eigenvalue weighted by Crippen LogP contribution is 2.26. The second kappa shape index (κ2) is 7.21. The predicted octanol–water partition coefficient (Wildman–Crippen LogP) is 1.31. The monoisotopic (exact) mass is 351 g/mol. The molecule has 1 amide bonds. The molecule has 0 bridgehead atoms. The topological polar surface area (TPSA) is 83.7 Å². The highest BCUT2D eigenvalue weighted by Gasteiger charge is 2.32. The molecule has 3 rings (SSSR count). The Labute approximate surface area is 143 Å². The first-order valence-electron chi connectivity index (χ1n) is 8.53. The van der Waals surface area contributed by atoms with Crippen molar-refractivity contribution < 1.29 is 13.2 Å². The summed E-state index contributed by atoms with van der Waals surface area (Å²) in [5.74, 6) is -0.393. The average molecular weight is 351 g/mol. The van der Waals surface area contributed by atoms with Gasteiger partial charge in [0, 0.05) is 31.1 Å². The molecule has 24 heavy (non-hydrogen) atoms. The van der Waals surface area contributed by atoms with Gasteiger partial charge in [0.25, 0.3) is 0 Å². The number of anilines is 1. The number of amides is 1. The van der Waals surface area contributed by atoms with E-state index in [-0.39, 0.29) is 24.0 Å². The summed E-state index contributed by atoms with van der Waals surface area (Å²) in [5.41, 5.74) is 2.08. The first-order valence-corrected chi connectivity index (χ1v) is 10.2. The number of carbonyl (C=O) groups is 1. The molecule has 6 nitrogen and oxygen atoms in total. The lowest BCUT2D eigenvalue weighted by molar-refractivity contribution is -0.117. The van der Waals surface area contributed by atoms with Gasteiger partial charge in [0.2, 0.25) is 15.9 Å². The third-order valence-corrected chi connectivity index (χ3v) is 5.71. The lowest BCUT2D eigenvalue weighted by Gasteiger charge is -2.26. The number of hydrogen-bond donors (Lipinski definition) is 1. The number of carbonyl (C=O) groups excluding carboxylic acids is 1. The zero-order chi connectivity index (χ0) is 17.2. The van der Waals surface area contributed by atoms with E-state index >= 15 is 0 Å². The summed E-state index contributed by atoms with van der Waals surface area (Å²) in [5, 5.41) is 5.09. The second-order valence-electron chi connectivity index (χ2n) is 6.91. The quantitative estimate of drug-likeness (QED) is 0.867. The Bertz CT molecular complexity index is 682. The zero-order valence-electron chi connectivity index (χ0n) is 13.9. The lowest BCUT2D eigenvalue weighted by Crippen LogP contribution is -2.29. The summed E-state index contributed by atoms with van der Waals surface area (Å²) in [6, 6.07) is 8.03. The molecule has 2 aliphatic rings. The summed E-state index contributed by atoms with van der Waals surface area (Å²) < 4.78 is 22.4. The minimum absolute atomic E-state index is 0.0348. The van der Waals surface area contributed by atoms with Crippen LogP contribution in [0.3, 0.4) is 0 Å². The van der Waals surface area contributed by atoms with Crippen LogP contribution in [0.1, 0.15) is 31.2 Å². The van der Waals surface area contributed by atoms with Crippen LogP contribution in [0.5, 0.6) is 0 Å². The molecule has 1 atom stereocenters. The van der Waals surface area contributed by atoms with Gasteiger partial charge < -0.3 is 4.90 Å². The summed E-state index contributed by atoms with van der Waals surface area (Å²) in [6.45, 7) is 3.67. The van der Waals surface area contributed by atoms with Gasteiger partial charge in [-0.15, -0.1) is 0 Å². The SMILES string of the molecule is NS(=O)(=O)CC1CC(=O)N(c2ccc(CN3CCCCC3)cc2)C1. The Kier molecular flexibility index (Phi) is 5.22. The van der Waals surface area contributed by atoms with Crippen LogP contribution in [0.15, 0.2) is 24.3 Å². The second-order valence-corrected chi connectivity index (χ2v) is 8.57. The molecule has 2 N–H and O–H groups in total. The fourth-order valence-corrected chi connectivity index (χ4v) is 4.51. The minimum Gasteiger partial charge on any atom is -0.312 e. The molecular weight excluding hydrogens is 326 g/mol. The van der Waals surface area contributed by atoms with Crippen LogP contribution in [0.4, 0.5) is 5.69 Å². The summed E-state index contributed by atoms with van der Waals surface area (Å²) >= 11 is 0. The molecule has 2 heterocycles. The van der Waals surface area contributed by atoms with Crippen LogP contribution in [-0.4, -0.2) is 44.6 Å². The smallest absolute Gasteiger partial charge is 0.227 e. The summed E-state index contributed by atoms with van der Waals surface area (Å²) in [6.07, 6.45) is 4.11. The number of sulfonamides is 1. The van der Waals surface area contributed by atoms with Gasteiger partial charge in [0.05, 0.1) is 5.75 Å². The number of likely N-dealkylation sites (tertiary alicyclic amines) is 1. The Balaban J connectivity index is 1.61. The van der Waals surface area contributed by atoms with Gasteiger partial charge in [-0.1, -0.05) is 18.6 Å². The first kappa shape index (κ1) is 17.4. The van der Waals surface area contributed by atoms with Crippen LogP contribution >= 0.6 is 0 Å². The number of benzene rings is 1. The van der Waals surface area contributed by atoms with Crippen LogP contribution in [0.25, 0.3) is 0 Å². The average Bonchev–Trinajstić information content (AvgIpc) is 2.87. The number of nitrogens with two attached hydrogens (primary N) is 1. The molecule has 0 radical (unpaired) electrons. The number of primary sulfonamides is 1. The number of piperidine rings is 1.